The van der Waals surface area contributed by atoms with E-state index in [1.165, 1.54) is 0 Å². The van der Waals surface area contributed by atoms with Crippen LogP contribution in [0.1, 0.15) is 18.9 Å². The van der Waals surface area contributed by atoms with Crippen molar-refractivity contribution in [1.29, 1.82) is 0 Å². The summed E-state index contributed by atoms with van der Waals surface area (Å²) < 4.78 is 10.6. The molecule has 7 nitrogen and oxygen atoms in total. The Kier molecular flexibility index (Phi) is 7.54. The van der Waals surface area contributed by atoms with Crippen LogP contribution in [0.4, 0.5) is 10.5 Å². The van der Waals surface area contributed by atoms with E-state index in [-0.39, 0.29) is 17.9 Å². The van der Waals surface area contributed by atoms with Crippen molar-refractivity contribution < 1.29 is 19.1 Å². The monoisotopic (exact) mass is 411 g/mol. The number of hydrogen-bond acceptors (Lipinski definition) is 4. The van der Waals surface area contributed by atoms with E-state index in [0.29, 0.717) is 32.7 Å². The normalized spacial score (nSPS) is 15.7. The molecule has 1 fully saturated rings. The Hall–Kier alpha value is -3.22. The van der Waals surface area contributed by atoms with Crippen molar-refractivity contribution in [2.24, 2.45) is 5.92 Å². The zero-order valence-electron chi connectivity index (χ0n) is 17.5. The van der Waals surface area contributed by atoms with Gasteiger partial charge in [0.2, 0.25) is 5.91 Å². The molecule has 0 aliphatic carbocycles. The fraction of sp³-hybridized carbons (Fsp3) is 0.391. The summed E-state index contributed by atoms with van der Waals surface area (Å²) in [6.07, 6.45) is 1.17. The Labute approximate surface area is 177 Å². The lowest BCUT2D eigenvalue weighted by Crippen LogP contribution is -2.39. The van der Waals surface area contributed by atoms with Crippen LogP contribution in [0.25, 0.3) is 0 Å². The highest BCUT2D eigenvalue weighted by atomic mass is 16.5. The molecular formula is C23H29N3O4. The van der Waals surface area contributed by atoms with Gasteiger partial charge >= 0.3 is 6.03 Å². The minimum Gasteiger partial charge on any atom is -0.497 e. The summed E-state index contributed by atoms with van der Waals surface area (Å²) in [4.78, 5) is 26.2. The molecular weight excluding hydrogens is 382 g/mol. The molecule has 2 N–H and O–H groups in total. The fourth-order valence-corrected chi connectivity index (χ4v) is 3.47. The van der Waals surface area contributed by atoms with Crippen LogP contribution in [-0.4, -0.2) is 45.3 Å². The van der Waals surface area contributed by atoms with Crippen molar-refractivity contribution in [1.82, 2.24) is 10.6 Å². The number of nitrogens with zero attached hydrogens (tertiary/aromatic N) is 1. The summed E-state index contributed by atoms with van der Waals surface area (Å²) in [5.41, 5.74) is 1.98. The van der Waals surface area contributed by atoms with Crippen molar-refractivity contribution in [3.05, 3.63) is 54.1 Å². The Morgan fingerprint density at radius 1 is 1.07 bits per heavy atom. The van der Waals surface area contributed by atoms with Crippen LogP contribution in [0.5, 0.6) is 11.5 Å². The lowest BCUT2D eigenvalue weighted by atomic mass is 10.1. The number of amides is 3. The van der Waals surface area contributed by atoms with Crippen LogP contribution >= 0.6 is 0 Å². The molecule has 0 aromatic heterocycles. The third kappa shape index (κ3) is 5.89. The summed E-state index contributed by atoms with van der Waals surface area (Å²) in [6, 6.07) is 15.1. The van der Waals surface area contributed by atoms with Gasteiger partial charge in [-0.05, 0) is 55.3 Å². The number of urea groups is 1. The van der Waals surface area contributed by atoms with Crippen LogP contribution < -0.4 is 25.0 Å². The Morgan fingerprint density at radius 2 is 1.77 bits per heavy atom. The maximum Gasteiger partial charge on any atom is 0.314 e. The number of carbonyl (C=O) groups is 2. The molecule has 2 aromatic carbocycles. The number of anilines is 1. The van der Waals surface area contributed by atoms with E-state index < -0.39 is 0 Å². The van der Waals surface area contributed by atoms with Gasteiger partial charge in [-0.2, -0.15) is 0 Å². The maximum atomic E-state index is 12.4. The average Bonchev–Trinajstić information content (AvgIpc) is 3.14. The first-order chi connectivity index (χ1) is 14.6. The lowest BCUT2D eigenvalue weighted by molar-refractivity contribution is -0.117. The van der Waals surface area contributed by atoms with E-state index in [1.807, 2.05) is 55.5 Å². The molecule has 1 aliphatic heterocycles. The first-order valence-corrected chi connectivity index (χ1v) is 10.3. The molecule has 0 bridgehead atoms. The van der Waals surface area contributed by atoms with E-state index in [4.69, 9.17) is 9.47 Å². The van der Waals surface area contributed by atoms with Crippen molar-refractivity contribution >= 4 is 17.6 Å². The highest BCUT2D eigenvalue weighted by Gasteiger charge is 2.30. The van der Waals surface area contributed by atoms with Crippen LogP contribution in [0.15, 0.2) is 48.5 Å². The number of methoxy groups -OCH3 is 1. The van der Waals surface area contributed by atoms with Gasteiger partial charge in [-0.15, -0.1) is 0 Å². The molecule has 7 heteroatoms. The molecule has 0 spiro atoms. The Bertz CT molecular complexity index is 837. The Morgan fingerprint density at radius 3 is 2.43 bits per heavy atom. The second-order valence-electron chi connectivity index (χ2n) is 7.24. The largest absolute Gasteiger partial charge is 0.497 e. The van der Waals surface area contributed by atoms with E-state index in [0.717, 1.165) is 29.2 Å². The van der Waals surface area contributed by atoms with Gasteiger partial charge in [0.1, 0.15) is 11.5 Å². The van der Waals surface area contributed by atoms with Crippen LogP contribution in [-0.2, 0) is 11.2 Å². The van der Waals surface area contributed by atoms with E-state index in [2.05, 4.69) is 10.6 Å². The Balaban J connectivity index is 1.39. The van der Waals surface area contributed by atoms with Crippen molar-refractivity contribution in [2.75, 3.05) is 38.3 Å². The fourth-order valence-electron chi connectivity index (χ4n) is 3.47. The van der Waals surface area contributed by atoms with Crippen molar-refractivity contribution in [3.63, 3.8) is 0 Å². The number of hydrogen-bond donors (Lipinski definition) is 2. The number of ether oxygens (including phenoxy) is 2. The molecule has 1 saturated heterocycles. The van der Waals surface area contributed by atoms with E-state index >= 15 is 0 Å². The maximum absolute atomic E-state index is 12.4. The highest BCUT2D eigenvalue weighted by molar-refractivity contribution is 5.95. The molecule has 1 unspecified atom stereocenters. The first-order valence-electron chi connectivity index (χ1n) is 10.3. The van der Waals surface area contributed by atoms with Crippen LogP contribution in [0.2, 0.25) is 0 Å². The van der Waals surface area contributed by atoms with Crippen LogP contribution in [0.3, 0.4) is 0 Å². The number of rotatable bonds is 9. The molecule has 1 atom stereocenters. The van der Waals surface area contributed by atoms with Gasteiger partial charge in [-0.25, -0.2) is 4.79 Å². The molecule has 160 valence electrons. The minimum absolute atomic E-state index is 0.0749. The molecule has 30 heavy (non-hydrogen) atoms. The van der Waals surface area contributed by atoms with Gasteiger partial charge < -0.3 is 25.0 Å². The number of benzene rings is 2. The standard InChI is InChI=1S/C23H29N3O4/c1-3-30-21-10-6-19(7-11-21)26-16-18(14-22(26)27)15-25-23(28)24-13-12-17-4-8-20(29-2)9-5-17/h4-11,18H,3,12-16H2,1-2H3,(H2,24,25,28). The lowest BCUT2D eigenvalue weighted by Gasteiger charge is -2.17. The zero-order valence-corrected chi connectivity index (χ0v) is 17.5. The summed E-state index contributed by atoms with van der Waals surface area (Å²) in [5.74, 6) is 1.77. The zero-order chi connectivity index (χ0) is 21.3. The summed E-state index contributed by atoms with van der Waals surface area (Å²) in [7, 11) is 1.64. The molecule has 1 heterocycles. The molecule has 2 aromatic rings. The molecule has 0 radical (unpaired) electrons. The van der Waals surface area contributed by atoms with E-state index in [9.17, 15) is 9.59 Å². The second-order valence-corrected chi connectivity index (χ2v) is 7.24. The van der Waals surface area contributed by atoms with Gasteiger partial charge in [0, 0.05) is 37.7 Å². The molecule has 1 aliphatic rings. The van der Waals surface area contributed by atoms with Gasteiger partial charge in [-0.1, -0.05) is 12.1 Å². The van der Waals surface area contributed by atoms with Crippen LogP contribution in [0, 0.1) is 5.92 Å². The van der Waals surface area contributed by atoms with Crippen molar-refractivity contribution in [3.8, 4) is 11.5 Å². The minimum atomic E-state index is -0.213. The topological polar surface area (TPSA) is 79.9 Å². The number of carbonyl (C=O) groups excluding carboxylic acids is 2. The third-order valence-electron chi connectivity index (χ3n) is 5.07. The van der Waals surface area contributed by atoms with Gasteiger partial charge in [0.05, 0.1) is 13.7 Å². The van der Waals surface area contributed by atoms with Gasteiger partial charge in [0.25, 0.3) is 0 Å². The molecule has 3 rings (SSSR count). The average molecular weight is 412 g/mol. The molecule has 3 amide bonds. The second kappa shape index (κ2) is 10.5. The highest BCUT2D eigenvalue weighted by Crippen LogP contribution is 2.26. The predicted molar refractivity (Wildman–Crippen MR) is 116 cm³/mol. The quantitative estimate of drug-likeness (QED) is 0.665. The predicted octanol–water partition coefficient (Wildman–Crippen LogP) is 2.99. The third-order valence-corrected chi connectivity index (χ3v) is 5.07. The smallest absolute Gasteiger partial charge is 0.314 e. The van der Waals surface area contributed by atoms with Gasteiger partial charge in [0.15, 0.2) is 0 Å². The van der Waals surface area contributed by atoms with Gasteiger partial charge in [-0.3, -0.25) is 4.79 Å². The number of nitrogens with one attached hydrogen (secondary N) is 2. The van der Waals surface area contributed by atoms with Crippen molar-refractivity contribution in [2.45, 2.75) is 19.8 Å². The molecule has 0 saturated carbocycles. The summed E-state index contributed by atoms with van der Waals surface area (Å²) in [5, 5.41) is 5.74. The van der Waals surface area contributed by atoms with E-state index in [1.54, 1.807) is 12.0 Å². The summed E-state index contributed by atoms with van der Waals surface area (Å²) >= 11 is 0. The first kappa shape index (κ1) is 21.5. The summed E-state index contributed by atoms with van der Waals surface area (Å²) in [6.45, 7) is 4.15. The SMILES string of the molecule is CCOc1ccc(N2CC(CNC(=O)NCCc3ccc(OC)cc3)CC2=O)cc1.